The first-order valence-electron chi connectivity index (χ1n) is 5.77. The van der Waals surface area contributed by atoms with Crippen LogP contribution in [0.4, 0.5) is 0 Å². The van der Waals surface area contributed by atoms with Gasteiger partial charge in [0.1, 0.15) is 17.1 Å². The highest BCUT2D eigenvalue weighted by Crippen LogP contribution is 2.19. The summed E-state index contributed by atoms with van der Waals surface area (Å²) in [6, 6.07) is 1.64. The summed E-state index contributed by atoms with van der Waals surface area (Å²) < 4.78 is 10.1. The van der Waals surface area contributed by atoms with E-state index < -0.39 is 18.2 Å². The summed E-state index contributed by atoms with van der Waals surface area (Å²) in [6.45, 7) is 2.94. The van der Waals surface area contributed by atoms with Gasteiger partial charge in [-0.3, -0.25) is 4.90 Å². The lowest BCUT2D eigenvalue weighted by Gasteiger charge is -2.11. The number of carbonyl (C=O) groups is 1. The summed E-state index contributed by atoms with van der Waals surface area (Å²) in [5, 5.41) is 18.9. The molecule has 0 saturated carbocycles. The fourth-order valence-electron chi connectivity index (χ4n) is 2.13. The van der Waals surface area contributed by atoms with Gasteiger partial charge in [-0.15, -0.1) is 0 Å². The van der Waals surface area contributed by atoms with Gasteiger partial charge in [0.15, 0.2) is 0 Å². The third-order valence-electron chi connectivity index (χ3n) is 3.09. The Balaban J connectivity index is 2.05. The van der Waals surface area contributed by atoms with Crippen LogP contribution in [0.15, 0.2) is 10.5 Å². The van der Waals surface area contributed by atoms with Crippen LogP contribution in [-0.4, -0.2) is 53.5 Å². The molecular weight excluding hydrogens is 238 g/mol. The Labute approximate surface area is 105 Å². The van der Waals surface area contributed by atoms with Gasteiger partial charge in [0.25, 0.3) is 0 Å². The third-order valence-corrected chi connectivity index (χ3v) is 3.09. The topological polar surface area (TPSA) is 83.1 Å². The van der Waals surface area contributed by atoms with E-state index in [0.717, 1.165) is 0 Å². The number of esters is 1. The maximum absolute atomic E-state index is 11.4. The number of furan rings is 1. The highest BCUT2D eigenvalue weighted by Gasteiger charge is 2.30. The van der Waals surface area contributed by atoms with Gasteiger partial charge >= 0.3 is 5.97 Å². The minimum Gasteiger partial charge on any atom is -0.465 e. The van der Waals surface area contributed by atoms with E-state index in [0.29, 0.717) is 36.7 Å². The summed E-state index contributed by atoms with van der Waals surface area (Å²) in [7, 11) is 1.32. The summed E-state index contributed by atoms with van der Waals surface area (Å²) in [6.07, 6.45) is -1.44. The van der Waals surface area contributed by atoms with Crippen molar-refractivity contribution >= 4 is 5.97 Å². The van der Waals surface area contributed by atoms with Crippen molar-refractivity contribution in [1.29, 1.82) is 0 Å². The Kier molecular flexibility index (Phi) is 3.70. The van der Waals surface area contributed by atoms with E-state index in [-0.39, 0.29) is 0 Å². The van der Waals surface area contributed by atoms with Gasteiger partial charge in [-0.25, -0.2) is 4.79 Å². The lowest BCUT2D eigenvalue weighted by Crippen LogP contribution is -2.22. The minimum atomic E-state index is -0.721. The molecule has 0 aromatic carbocycles. The lowest BCUT2D eigenvalue weighted by atomic mass is 10.2. The number of rotatable bonds is 3. The van der Waals surface area contributed by atoms with E-state index >= 15 is 0 Å². The Morgan fingerprint density at radius 2 is 2.11 bits per heavy atom. The second-order valence-electron chi connectivity index (χ2n) is 4.50. The van der Waals surface area contributed by atoms with Crippen molar-refractivity contribution in [2.45, 2.75) is 25.7 Å². The molecule has 1 aliphatic heterocycles. The molecule has 0 unspecified atom stereocenters. The van der Waals surface area contributed by atoms with Gasteiger partial charge < -0.3 is 19.4 Å². The highest BCUT2D eigenvalue weighted by atomic mass is 16.5. The fraction of sp³-hybridized carbons (Fsp3) is 0.583. The molecule has 0 aliphatic carbocycles. The van der Waals surface area contributed by atoms with Crippen molar-refractivity contribution in [2.24, 2.45) is 0 Å². The smallest absolute Gasteiger partial charge is 0.341 e. The van der Waals surface area contributed by atoms with Crippen molar-refractivity contribution in [3.63, 3.8) is 0 Å². The third kappa shape index (κ3) is 2.55. The molecule has 0 radical (unpaired) electrons. The van der Waals surface area contributed by atoms with Crippen LogP contribution in [0.5, 0.6) is 0 Å². The molecule has 6 nitrogen and oxygen atoms in total. The zero-order valence-electron chi connectivity index (χ0n) is 10.4. The predicted molar refractivity (Wildman–Crippen MR) is 62.1 cm³/mol. The SMILES string of the molecule is COC(=O)c1cc(CN2C[C@@H](O)[C@@H](O)C2)oc1C. The molecule has 2 N–H and O–H groups in total. The Hall–Kier alpha value is -1.37. The fourth-order valence-corrected chi connectivity index (χ4v) is 2.13. The predicted octanol–water partition coefficient (Wildman–Crippen LogP) is -0.0880. The largest absolute Gasteiger partial charge is 0.465 e. The van der Waals surface area contributed by atoms with E-state index in [1.54, 1.807) is 13.0 Å². The molecule has 0 amide bonds. The molecule has 0 spiro atoms. The number of methoxy groups -OCH3 is 1. The number of aliphatic hydroxyl groups is 2. The highest BCUT2D eigenvalue weighted by molar-refractivity contribution is 5.90. The van der Waals surface area contributed by atoms with Crippen LogP contribution >= 0.6 is 0 Å². The molecule has 1 saturated heterocycles. The van der Waals surface area contributed by atoms with E-state index in [4.69, 9.17) is 4.42 Å². The van der Waals surface area contributed by atoms with Crippen LogP contribution in [-0.2, 0) is 11.3 Å². The van der Waals surface area contributed by atoms with Crippen LogP contribution in [0.2, 0.25) is 0 Å². The second kappa shape index (κ2) is 5.09. The number of ether oxygens (including phenoxy) is 1. The molecule has 2 rings (SSSR count). The quantitative estimate of drug-likeness (QED) is 0.735. The molecule has 1 aromatic rings. The van der Waals surface area contributed by atoms with Crippen molar-refractivity contribution in [3.05, 3.63) is 23.2 Å². The van der Waals surface area contributed by atoms with E-state index in [1.165, 1.54) is 7.11 Å². The number of aliphatic hydroxyl groups excluding tert-OH is 2. The zero-order valence-corrected chi connectivity index (χ0v) is 10.4. The van der Waals surface area contributed by atoms with Gasteiger partial charge in [-0.1, -0.05) is 0 Å². The van der Waals surface area contributed by atoms with Crippen molar-refractivity contribution < 1.29 is 24.2 Å². The minimum absolute atomic E-state index is 0.397. The number of nitrogens with zero attached hydrogens (tertiary/aromatic N) is 1. The molecule has 2 atom stereocenters. The molecular formula is C12H17NO5. The van der Waals surface area contributed by atoms with Gasteiger partial charge in [-0.2, -0.15) is 0 Å². The zero-order chi connectivity index (χ0) is 13.3. The monoisotopic (exact) mass is 255 g/mol. The Morgan fingerprint density at radius 3 is 2.67 bits per heavy atom. The first-order chi connectivity index (χ1) is 8.51. The molecule has 0 bridgehead atoms. The normalized spacial score (nSPS) is 24.4. The van der Waals surface area contributed by atoms with Crippen LogP contribution in [0.25, 0.3) is 0 Å². The first-order valence-corrected chi connectivity index (χ1v) is 5.77. The number of likely N-dealkylation sites (tertiary alicyclic amines) is 1. The standard InChI is InChI=1S/C12H17NO5/c1-7-9(12(16)17-2)3-8(18-7)4-13-5-10(14)11(15)6-13/h3,10-11,14-15H,4-6H2,1-2H3/t10-,11+. The van der Waals surface area contributed by atoms with Gasteiger partial charge in [0.05, 0.1) is 25.9 Å². The lowest BCUT2D eigenvalue weighted by molar-refractivity contribution is 0.0572. The maximum Gasteiger partial charge on any atom is 0.341 e. The second-order valence-corrected chi connectivity index (χ2v) is 4.50. The van der Waals surface area contributed by atoms with Crippen LogP contribution < -0.4 is 0 Å². The molecule has 1 fully saturated rings. The average molecular weight is 255 g/mol. The summed E-state index contributed by atoms with van der Waals surface area (Å²) in [5.41, 5.74) is 0.410. The molecule has 1 aromatic heterocycles. The molecule has 2 heterocycles. The number of aryl methyl sites for hydroxylation is 1. The number of β-amino-alcohol motifs (C(OH)–C–C–N with tert-alkyl or cyclic N) is 2. The summed E-state index contributed by atoms with van der Waals surface area (Å²) >= 11 is 0. The number of hydrogen-bond donors (Lipinski definition) is 2. The summed E-state index contributed by atoms with van der Waals surface area (Å²) in [5.74, 6) is 0.704. The molecule has 6 heteroatoms. The van der Waals surface area contributed by atoms with Gasteiger partial charge in [0, 0.05) is 13.1 Å². The maximum atomic E-state index is 11.4. The van der Waals surface area contributed by atoms with E-state index in [1.807, 2.05) is 4.90 Å². The van der Waals surface area contributed by atoms with Crippen molar-refractivity contribution in [3.8, 4) is 0 Å². The summed E-state index contributed by atoms with van der Waals surface area (Å²) in [4.78, 5) is 13.3. The Morgan fingerprint density at radius 1 is 1.50 bits per heavy atom. The van der Waals surface area contributed by atoms with Crippen molar-refractivity contribution in [2.75, 3.05) is 20.2 Å². The molecule has 1 aliphatic rings. The van der Waals surface area contributed by atoms with E-state index in [2.05, 4.69) is 4.74 Å². The Bertz CT molecular complexity index is 432. The van der Waals surface area contributed by atoms with E-state index in [9.17, 15) is 15.0 Å². The van der Waals surface area contributed by atoms with Crippen LogP contribution in [0.3, 0.4) is 0 Å². The van der Waals surface area contributed by atoms with Gasteiger partial charge in [-0.05, 0) is 13.0 Å². The number of carbonyl (C=O) groups excluding carboxylic acids is 1. The van der Waals surface area contributed by atoms with Crippen LogP contribution in [0, 0.1) is 6.92 Å². The average Bonchev–Trinajstić information content (AvgIpc) is 2.82. The van der Waals surface area contributed by atoms with Crippen LogP contribution in [0.1, 0.15) is 21.9 Å². The first kappa shape index (κ1) is 13.1. The molecule has 18 heavy (non-hydrogen) atoms. The van der Waals surface area contributed by atoms with Gasteiger partial charge in [0.2, 0.25) is 0 Å². The number of hydrogen-bond acceptors (Lipinski definition) is 6. The van der Waals surface area contributed by atoms with Crippen molar-refractivity contribution in [1.82, 2.24) is 4.90 Å². The molecule has 100 valence electrons.